The summed E-state index contributed by atoms with van der Waals surface area (Å²) in [6.45, 7) is 8.44. The van der Waals surface area contributed by atoms with Crippen LogP contribution in [0.25, 0.3) is 15.9 Å². The van der Waals surface area contributed by atoms with Gasteiger partial charge in [-0.3, -0.25) is 14.2 Å². The predicted molar refractivity (Wildman–Crippen MR) is 134 cm³/mol. The van der Waals surface area contributed by atoms with Crippen LogP contribution in [0.4, 0.5) is 0 Å². The Morgan fingerprint density at radius 3 is 2.53 bits per heavy atom. The molecular weight excluding hydrogens is 438 g/mol. The third-order valence-corrected chi connectivity index (χ3v) is 8.50. The van der Waals surface area contributed by atoms with Crippen LogP contribution in [0, 0.1) is 6.92 Å². The molecule has 1 fully saturated rings. The van der Waals surface area contributed by atoms with Crippen molar-refractivity contribution in [3.8, 4) is 5.69 Å². The van der Waals surface area contributed by atoms with Crippen LogP contribution in [0.15, 0.2) is 40.3 Å². The van der Waals surface area contributed by atoms with Crippen molar-refractivity contribution in [3.05, 3.63) is 51.1 Å². The standard InChI is InChI=1S/C25H31N3O2S2/c1-5-10-20-18(4)22-23(32-20)26-25(28(24(22)30)19-13-7-6-8-14-19)31-15-21(29)27-16(2)11-9-12-17(27)3/h6-8,13-14,16-17H,5,9-12,15H2,1-4H3/t16-,17-/m1/s1. The summed E-state index contributed by atoms with van der Waals surface area (Å²) in [6.07, 6.45) is 5.25. The van der Waals surface area contributed by atoms with Gasteiger partial charge in [-0.05, 0) is 64.2 Å². The first-order valence-electron chi connectivity index (χ1n) is 11.5. The van der Waals surface area contributed by atoms with Crippen molar-refractivity contribution in [2.75, 3.05) is 5.75 Å². The predicted octanol–water partition coefficient (Wildman–Crippen LogP) is 5.59. The molecule has 0 bridgehead atoms. The van der Waals surface area contributed by atoms with E-state index in [4.69, 9.17) is 4.98 Å². The maximum Gasteiger partial charge on any atom is 0.267 e. The molecule has 2 atom stereocenters. The van der Waals surface area contributed by atoms with Crippen LogP contribution in [0.5, 0.6) is 0 Å². The molecule has 0 radical (unpaired) electrons. The lowest BCUT2D eigenvalue weighted by Gasteiger charge is -2.39. The molecule has 0 N–H and O–H groups in total. The molecular formula is C25H31N3O2S2. The summed E-state index contributed by atoms with van der Waals surface area (Å²) >= 11 is 2.98. The zero-order valence-electron chi connectivity index (χ0n) is 19.3. The quantitative estimate of drug-likeness (QED) is 0.349. The first-order valence-corrected chi connectivity index (χ1v) is 13.3. The number of carbonyl (C=O) groups excluding carboxylic acids is 1. The van der Waals surface area contributed by atoms with Crippen molar-refractivity contribution in [2.45, 2.75) is 77.0 Å². The minimum absolute atomic E-state index is 0.0491. The molecule has 0 unspecified atom stereocenters. The van der Waals surface area contributed by atoms with E-state index in [1.165, 1.54) is 23.1 Å². The fourth-order valence-corrected chi connectivity index (χ4v) is 6.89. The van der Waals surface area contributed by atoms with Crippen LogP contribution in [0.3, 0.4) is 0 Å². The molecule has 2 aromatic heterocycles. The normalized spacial score (nSPS) is 18.9. The maximum atomic E-state index is 13.7. The summed E-state index contributed by atoms with van der Waals surface area (Å²) in [5, 5.41) is 1.29. The Kier molecular flexibility index (Phi) is 7.05. The second-order valence-electron chi connectivity index (χ2n) is 8.67. The van der Waals surface area contributed by atoms with E-state index in [1.807, 2.05) is 42.2 Å². The molecule has 1 aliphatic heterocycles. The molecule has 1 saturated heterocycles. The smallest absolute Gasteiger partial charge is 0.267 e. The Labute approximate surface area is 197 Å². The molecule has 32 heavy (non-hydrogen) atoms. The Morgan fingerprint density at radius 2 is 1.88 bits per heavy atom. The average molecular weight is 470 g/mol. The summed E-state index contributed by atoms with van der Waals surface area (Å²) in [4.78, 5) is 35.7. The maximum absolute atomic E-state index is 13.7. The first-order chi connectivity index (χ1) is 15.4. The fourth-order valence-electron chi connectivity index (χ4n) is 4.69. The van der Waals surface area contributed by atoms with Crippen LogP contribution in [0.1, 0.15) is 56.9 Å². The fraction of sp³-hybridized carbons (Fsp3) is 0.480. The number of hydrogen-bond donors (Lipinski definition) is 0. The molecule has 7 heteroatoms. The van der Waals surface area contributed by atoms with Crippen LogP contribution in [-0.2, 0) is 11.2 Å². The first kappa shape index (κ1) is 23.1. The minimum Gasteiger partial charge on any atom is -0.337 e. The number of benzene rings is 1. The number of fused-ring (bicyclic) bond motifs is 1. The van der Waals surface area contributed by atoms with Gasteiger partial charge < -0.3 is 4.90 Å². The molecule has 3 aromatic rings. The SMILES string of the molecule is CCCc1sc2nc(SCC(=O)N3[C@H](C)CCC[C@H]3C)n(-c3ccccc3)c(=O)c2c1C. The van der Waals surface area contributed by atoms with Crippen molar-refractivity contribution in [2.24, 2.45) is 0 Å². The molecule has 4 rings (SSSR count). The highest BCUT2D eigenvalue weighted by molar-refractivity contribution is 7.99. The number of likely N-dealkylation sites (tertiary alicyclic amines) is 1. The molecule has 0 saturated carbocycles. The number of rotatable bonds is 6. The third-order valence-electron chi connectivity index (χ3n) is 6.33. The van der Waals surface area contributed by atoms with Crippen molar-refractivity contribution >= 4 is 39.2 Å². The van der Waals surface area contributed by atoms with Crippen molar-refractivity contribution in [3.63, 3.8) is 0 Å². The Hall–Kier alpha value is -2.12. The number of aromatic nitrogens is 2. The van der Waals surface area contributed by atoms with Crippen LogP contribution in [0.2, 0.25) is 0 Å². The van der Waals surface area contributed by atoms with Crippen LogP contribution in [-0.4, -0.2) is 38.2 Å². The molecule has 0 aliphatic carbocycles. The molecule has 1 aromatic carbocycles. The number of hydrogen-bond acceptors (Lipinski definition) is 5. The van der Waals surface area contributed by atoms with E-state index in [0.717, 1.165) is 41.8 Å². The Bertz CT molecular complexity index is 1160. The summed E-state index contributed by atoms with van der Waals surface area (Å²) in [5.41, 5.74) is 1.77. The van der Waals surface area contributed by atoms with E-state index < -0.39 is 0 Å². The van der Waals surface area contributed by atoms with E-state index >= 15 is 0 Å². The number of carbonyl (C=O) groups is 1. The van der Waals surface area contributed by atoms with E-state index in [9.17, 15) is 9.59 Å². The third kappa shape index (κ3) is 4.37. The van der Waals surface area contributed by atoms with E-state index in [0.29, 0.717) is 10.5 Å². The van der Waals surface area contributed by atoms with E-state index in [2.05, 4.69) is 20.8 Å². The van der Waals surface area contributed by atoms with Crippen molar-refractivity contribution in [1.29, 1.82) is 0 Å². The van der Waals surface area contributed by atoms with Gasteiger partial charge in [-0.1, -0.05) is 43.3 Å². The molecule has 1 amide bonds. The zero-order chi connectivity index (χ0) is 22.8. The van der Waals surface area contributed by atoms with Gasteiger partial charge in [-0.25, -0.2) is 4.98 Å². The minimum atomic E-state index is -0.0491. The monoisotopic (exact) mass is 469 g/mol. The number of nitrogens with zero attached hydrogens (tertiary/aromatic N) is 3. The second-order valence-corrected chi connectivity index (χ2v) is 10.7. The number of amides is 1. The molecule has 5 nitrogen and oxygen atoms in total. The van der Waals surface area contributed by atoms with Crippen molar-refractivity contribution in [1.82, 2.24) is 14.5 Å². The topological polar surface area (TPSA) is 55.2 Å². The highest BCUT2D eigenvalue weighted by Gasteiger charge is 2.29. The average Bonchev–Trinajstić information content (AvgIpc) is 3.08. The number of para-hydroxylation sites is 1. The van der Waals surface area contributed by atoms with Gasteiger partial charge >= 0.3 is 0 Å². The summed E-state index contributed by atoms with van der Waals surface area (Å²) in [5.74, 6) is 0.406. The zero-order valence-corrected chi connectivity index (χ0v) is 20.9. The van der Waals surface area contributed by atoms with Gasteiger partial charge in [0, 0.05) is 17.0 Å². The summed E-state index contributed by atoms with van der Waals surface area (Å²) in [7, 11) is 0. The van der Waals surface area contributed by atoms with Crippen LogP contribution >= 0.6 is 23.1 Å². The lowest BCUT2D eigenvalue weighted by Crippen LogP contribution is -2.48. The molecule has 0 spiro atoms. The van der Waals surface area contributed by atoms with Gasteiger partial charge in [0.1, 0.15) is 4.83 Å². The molecule has 3 heterocycles. The van der Waals surface area contributed by atoms with E-state index in [-0.39, 0.29) is 29.3 Å². The molecule has 170 valence electrons. The lowest BCUT2D eigenvalue weighted by atomic mass is 9.98. The Morgan fingerprint density at radius 1 is 1.19 bits per heavy atom. The van der Waals surface area contributed by atoms with Gasteiger partial charge in [-0.15, -0.1) is 11.3 Å². The van der Waals surface area contributed by atoms with Crippen molar-refractivity contribution < 1.29 is 4.79 Å². The second kappa shape index (κ2) is 9.79. The number of piperidine rings is 1. The van der Waals surface area contributed by atoms with Gasteiger partial charge in [0.15, 0.2) is 5.16 Å². The number of thioether (sulfide) groups is 1. The lowest BCUT2D eigenvalue weighted by molar-refractivity contribution is -0.134. The number of thiophene rings is 1. The Balaban J connectivity index is 1.74. The van der Waals surface area contributed by atoms with E-state index in [1.54, 1.807) is 15.9 Å². The largest absolute Gasteiger partial charge is 0.337 e. The van der Waals surface area contributed by atoms with Crippen LogP contribution < -0.4 is 5.56 Å². The molecule has 1 aliphatic rings. The highest BCUT2D eigenvalue weighted by atomic mass is 32.2. The van der Waals surface area contributed by atoms with Gasteiger partial charge in [-0.2, -0.15) is 0 Å². The van der Waals surface area contributed by atoms with Gasteiger partial charge in [0.25, 0.3) is 5.56 Å². The summed E-state index contributed by atoms with van der Waals surface area (Å²) in [6, 6.07) is 10.1. The summed E-state index contributed by atoms with van der Waals surface area (Å²) < 4.78 is 1.68. The number of aryl methyl sites for hydroxylation is 2. The van der Waals surface area contributed by atoms with Gasteiger partial charge in [0.05, 0.1) is 16.8 Å². The highest BCUT2D eigenvalue weighted by Crippen LogP contribution is 2.31. The van der Waals surface area contributed by atoms with Gasteiger partial charge in [0.2, 0.25) is 5.91 Å².